The molecule has 3 aromatic rings. The zero-order valence-electron chi connectivity index (χ0n) is 13.8. The van der Waals surface area contributed by atoms with Crippen LogP contribution in [0.15, 0.2) is 48.5 Å². The Labute approximate surface area is 149 Å². The van der Waals surface area contributed by atoms with Crippen molar-refractivity contribution >= 4 is 17.4 Å². The number of carbonyl (C=O) groups excluding carboxylic acids is 1. The summed E-state index contributed by atoms with van der Waals surface area (Å²) in [5, 5.41) is 19.8. The highest BCUT2D eigenvalue weighted by Gasteiger charge is 2.15. The van der Waals surface area contributed by atoms with Crippen molar-refractivity contribution < 1.29 is 9.53 Å². The predicted octanol–water partition coefficient (Wildman–Crippen LogP) is 2.69. The van der Waals surface area contributed by atoms with Crippen molar-refractivity contribution in [1.29, 1.82) is 5.26 Å². The zero-order chi connectivity index (χ0) is 18.5. The molecule has 1 aromatic carbocycles. The summed E-state index contributed by atoms with van der Waals surface area (Å²) in [7, 11) is 0. The van der Waals surface area contributed by atoms with Crippen molar-refractivity contribution in [2.75, 3.05) is 5.32 Å². The molecule has 26 heavy (non-hydrogen) atoms. The predicted molar refractivity (Wildman–Crippen MR) is 94.0 cm³/mol. The van der Waals surface area contributed by atoms with Gasteiger partial charge >= 0.3 is 0 Å². The Morgan fingerprint density at radius 1 is 1.19 bits per heavy atom. The number of para-hydroxylation sites is 1. The Balaban J connectivity index is 1.96. The highest BCUT2D eigenvalue weighted by molar-refractivity contribution is 5.97. The van der Waals surface area contributed by atoms with Crippen LogP contribution in [0, 0.1) is 18.3 Å². The molecule has 0 unspecified atom stereocenters. The molecule has 0 aliphatic rings. The zero-order valence-corrected chi connectivity index (χ0v) is 13.8. The average molecular weight is 346 g/mol. The fourth-order valence-electron chi connectivity index (χ4n) is 2.21. The summed E-state index contributed by atoms with van der Waals surface area (Å²) >= 11 is 0. The molecule has 0 aliphatic heterocycles. The number of pyridine rings is 1. The van der Waals surface area contributed by atoms with Crippen molar-refractivity contribution in [3.8, 4) is 17.7 Å². The third-order valence-corrected chi connectivity index (χ3v) is 3.38. The molecule has 2 heterocycles. The van der Waals surface area contributed by atoms with Gasteiger partial charge in [0.2, 0.25) is 5.88 Å². The molecule has 0 saturated carbocycles. The fraction of sp³-hybridized carbons (Fsp3) is 0.0556. The minimum atomic E-state index is -0.739. The molecule has 2 aromatic heterocycles. The third kappa shape index (κ3) is 3.73. The van der Waals surface area contributed by atoms with Gasteiger partial charge in [-0.3, -0.25) is 4.79 Å². The van der Waals surface area contributed by atoms with E-state index in [-0.39, 0.29) is 11.6 Å². The van der Waals surface area contributed by atoms with Crippen LogP contribution in [-0.2, 0) is 0 Å². The summed E-state index contributed by atoms with van der Waals surface area (Å²) in [6.45, 7) is 1.85. The first-order valence-corrected chi connectivity index (χ1v) is 7.62. The third-order valence-electron chi connectivity index (χ3n) is 3.38. The van der Waals surface area contributed by atoms with Gasteiger partial charge in [0.1, 0.15) is 17.6 Å². The standard InChI is InChI=1S/C18H14N6O2/c1-11-5-4-8-15(21-11)22-13-9-16(23-24-17(13)18(20)25)26-14-7-3-2-6-12(14)10-19/h2-9H,1H3,(H2,20,25)(H,21,22,23). The van der Waals surface area contributed by atoms with E-state index in [0.717, 1.165) is 5.69 Å². The van der Waals surface area contributed by atoms with E-state index in [1.54, 1.807) is 30.3 Å². The van der Waals surface area contributed by atoms with Crippen molar-refractivity contribution in [3.63, 3.8) is 0 Å². The number of carbonyl (C=O) groups is 1. The first kappa shape index (κ1) is 16.9. The van der Waals surface area contributed by atoms with E-state index >= 15 is 0 Å². The molecule has 8 heteroatoms. The van der Waals surface area contributed by atoms with Crippen LogP contribution in [-0.4, -0.2) is 21.1 Å². The molecule has 8 nitrogen and oxygen atoms in total. The van der Waals surface area contributed by atoms with Crippen LogP contribution in [0.3, 0.4) is 0 Å². The van der Waals surface area contributed by atoms with E-state index in [2.05, 4.69) is 20.5 Å². The number of primary amides is 1. The monoisotopic (exact) mass is 346 g/mol. The molecule has 0 spiro atoms. The summed E-state index contributed by atoms with van der Waals surface area (Å²) in [5.41, 5.74) is 6.77. The van der Waals surface area contributed by atoms with Crippen molar-refractivity contribution in [2.24, 2.45) is 5.73 Å². The van der Waals surface area contributed by atoms with Gasteiger partial charge in [-0.2, -0.15) is 5.26 Å². The van der Waals surface area contributed by atoms with Crippen molar-refractivity contribution in [3.05, 3.63) is 65.5 Å². The summed E-state index contributed by atoms with van der Waals surface area (Å²) in [6.07, 6.45) is 0. The van der Waals surface area contributed by atoms with Crippen molar-refractivity contribution in [2.45, 2.75) is 6.92 Å². The van der Waals surface area contributed by atoms with Gasteiger partial charge in [-0.1, -0.05) is 18.2 Å². The summed E-state index contributed by atoms with van der Waals surface area (Å²) < 4.78 is 5.63. The van der Waals surface area contributed by atoms with Crippen LogP contribution in [0.5, 0.6) is 11.6 Å². The molecule has 0 saturated heterocycles. The molecule has 0 fully saturated rings. The molecule has 0 radical (unpaired) electrons. The number of amides is 1. The summed E-state index contributed by atoms with van der Waals surface area (Å²) in [6, 6.07) is 15.6. The van der Waals surface area contributed by atoms with Crippen LogP contribution < -0.4 is 15.8 Å². The van der Waals surface area contributed by atoms with Gasteiger partial charge in [-0.25, -0.2) is 4.98 Å². The van der Waals surface area contributed by atoms with Crippen LogP contribution in [0.2, 0.25) is 0 Å². The second-order valence-corrected chi connectivity index (χ2v) is 5.31. The Bertz CT molecular complexity index is 1010. The van der Waals surface area contributed by atoms with E-state index in [1.807, 2.05) is 25.1 Å². The second kappa shape index (κ2) is 7.27. The molecule has 128 valence electrons. The maximum Gasteiger partial charge on any atom is 0.271 e. The van der Waals surface area contributed by atoms with Gasteiger partial charge in [0.25, 0.3) is 5.91 Å². The van der Waals surface area contributed by atoms with E-state index in [0.29, 0.717) is 22.8 Å². The number of anilines is 2. The lowest BCUT2D eigenvalue weighted by Crippen LogP contribution is -2.16. The number of ether oxygens (including phenoxy) is 1. The number of aromatic nitrogens is 3. The first-order valence-electron chi connectivity index (χ1n) is 7.62. The van der Waals surface area contributed by atoms with Gasteiger partial charge in [0.05, 0.1) is 11.3 Å². The molecule has 0 atom stereocenters. The largest absolute Gasteiger partial charge is 0.436 e. The maximum absolute atomic E-state index is 11.6. The minimum absolute atomic E-state index is 0.0470. The lowest BCUT2D eigenvalue weighted by atomic mass is 10.2. The number of rotatable bonds is 5. The number of nitrogens with one attached hydrogen (secondary N) is 1. The number of hydrogen-bond acceptors (Lipinski definition) is 7. The van der Waals surface area contributed by atoms with Gasteiger partial charge in [-0.05, 0) is 31.2 Å². The molecule has 0 aliphatic carbocycles. The molecule has 3 N–H and O–H groups in total. The molecule has 1 amide bonds. The van der Waals surface area contributed by atoms with Crippen LogP contribution in [0.1, 0.15) is 21.7 Å². The quantitative estimate of drug-likeness (QED) is 0.727. The normalized spacial score (nSPS) is 10.0. The Morgan fingerprint density at radius 3 is 2.73 bits per heavy atom. The highest BCUT2D eigenvalue weighted by Crippen LogP contribution is 2.27. The number of benzene rings is 1. The highest BCUT2D eigenvalue weighted by atomic mass is 16.5. The van der Waals surface area contributed by atoms with E-state index in [9.17, 15) is 4.79 Å². The number of hydrogen-bond donors (Lipinski definition) is 2. The molecular formula is C18H14N6O2. The van der Waals surface area contributed by atoms with Gasteiger partial charge in [-0.15, -0.1) is 10.2 Å². The first-order chi connectivity index (χ1) is 12.6. The Hall–Kier alpha value is -3.99. The van der Waals surface area contributed by atoms with Crippen LogP contribution in [0.4, 0.5) is 11.5 Å². The smallest absolute Gasteiger partial charge is 0.271 e. The Kier molecular flexibility index (Phi) is 4.71. The second-order valence-electron chi connectivity index (χ2n) is 5.31. The summed E-state index contributed by atoms with van der Waals surface area (Å²) in [4.78, 5) is 15.9. The topological polar surface area (TPSA) is 127 Å². The number of aryl methyl sites for hydroxylation is 1. The van der Waals surface area contributed by atoms with Gasteiger partial charge in [0.15, 0.2) is 5.69 Å². The van der Waals surface area contributed by atoms with Gasteiger partial charge < -0.3 is 15.8 Å². The fourth-order valence-corrected chi connectivity index (χ4v) is 2.21. The SMILES string of the molecule is Cc1cccc(Nc2cc(Oc3ccccc3C#N)nnc2C(N)=O)n1. The lowest BCUT2D eigenvalue weighted by Gasteiger charge is -2.11. The summed E-state index contributed by atoms with van der Waals surface area (Å²) in [5.74, 6) is 0.212. The molecule has 3 rings (SSSR count). The maximum atomic E-state index is 11.6. The van der Waals surface area contributed by atoms with Crippen LogP contribution >= 0.6 is 0 Å². The van der Waals surface area contributed by atoms with E-state index in [4.69, 9.17) is 15.7 Å². The number of nitrogens with two attached hydrogens (primary N) is 1. The lowest BCUT2D eigenvalue weighted by molar-refractivity contribution is 0.0995. The number of nitrogens with zero attached hydrogens (tertiary/aromatic N) is 4. The minimum Gasteiger partial charge on any atom is -0.436 e. The van der Waals surface area contributed by atoms with E-state index in [1.165, 1.54) is 6.07 Å². The number of nitriles is 1. The Morgan fingerprint density at radius 2 is 2.00 bits per heavy atom. The molecular weight excluding hydrogens is 332 g/mol. The van der Waals surface area contributed by atoms with Crippen molar-refractivity contribution in [1.82, 2.24) is 15.2 Å². The molecule has 0 bridgehead atoms. The van der Waals surface area contributed by atoms with Gasteiger partial charge in [0, 0.05) is 11.8 Å². The van der Waals surface area contributed by atoms with E-state index < -0.39 is 5.91 Å². The van der Waals surface area contributed by atoms with Crippen LogP contribution in [0.25, 0.3) is 0 Å². The average Bonchev–Trinajstić information content (AvgIpc) is 2.62.